The lowest BCUT2D eigenvalue weighted by Gasteiger charge is -2.38. The predicted octanol–water partition coefficient (Wildman–Crippen LogP) is 3.94. The van der Waals surface area contributed by atoms with Crippen LogP contribution in [0.15, 0.2) is 41.5 Å². The molecule has 1 saturated heterocycles. The number of benzene rings is 2. The molecule has 1 aromatic heterocycles. The fraction of sp³-hybridized carbons (Fsp3) is 0.333. The molecule has 0 bridgehead atoms. The second kappa shape index (κ2) is 8.47. The Bertz CT molecular complexity index is 1310. The maximum absolute atomic E-state index is 14.6. The van der Waals surface area contributed by atoms with Gasteiger partial charge in [-0.05, 0) is 73.0 Å². The highest BCUT2D eigenvalue weighted by atomic mass is 19.1. The molecule has 0 saturated carbocycles. The molecule has 2 heterocycles. The predicted molar refractivity (Wildman–Crippen MR) is 130 cm³/mol. The number of aryl methyl sites for hydroxylation is 1. The Balaban J connectivity index is 1.94. The van der Waals surface area contributed by atoms with Crippen molar-refractivity contribution in [3.8, 4) is 11.3 Å². The molecule has 0 unspecified atom stereocenters. The third-order valence-electron chi connectivity index (χ3n) is 6.53. The topological polar surface area (TPSA) is 48.7 Å². The minimum absolute atomic E-state index is 0.194. The fourth-order valence-corrected chi connectivity index (χ4v) is 4.84. The van der Waals surface area contributed by atoms with E-state index in [-0.39, 0.29) is 5.82 Å². The number of nitrogens with zero attached hydrogens (tertiary/aromatic N) is 3. The number of rotatable bonds is 4. The van der Waals surface area contributed by atoms with Crippen LogP contribution in [0.25, 0.3) is 34.4 Å². The third kappa shape index (κ3) is 3.82. The van der Waals surface area contributed by atoms with Crippen molar-refractivity contribution in [1.82, 2.24) is 9.88 Å². The standard InChI is InChI=1S/C27H30FN3O/c1-6-20-23(28)12-11-19-9-7-10-21(24(19)20)25-18(3)17(2)22(15-30-25)26(29-5)31-14-8-13-27(4,32)16-31/h7,9-12,15,32H,2,5-6,8,13-14,16H2,1,3-4H3/b26-22+/t27-/m1/s1. The van der Waals surface area contributed by atoms with Gasteiger partial charge in [0.2, 0.25) is 0 Å². The number of aliphatic imine (C=N–C) groups is 1. The molecule has 1 fully saturated rings. The first kappa shape index (κ1) is 22.2. The zero-order valence-electron chi connectivity index (χ0n) is 19.1. The van der Waals surface area contributed by atoms with E-state index in [0.717, 1.165) is 57.4 Å². The number of hydrogen-bond acceptors (Lipinski definition) is 4. The van der Waals surface area contributed by atoms with Crippen LogP contribution in [0.3, 0.4) is 0 Å². The van der Waals surface area contributed by atoms with Crippen molar-refractivity contribution in [2.75, 3.05) is 13.1 Å². The first-order valence-corrected chi connectivity index (χ1v) is 11.1. The van der Waals surface area contributed by atoms with Crippen molar-refractivity contribution in [3.63, 3.8) is 0 Å². The highest BCUT2D eigenvalue weighted by molar-refractivity contribution is 5.99. The summed E-state index contributed by atoms with van der Waals surface area (Å²) in [5.41, 5.74) is 2.55. The van der Waals surface area contributed by atoms with Crippen LogP contribution in [-0.2, 0) is 6.42 Å². The Kier molecular flexibility index (Phi) is 5.87. The van der Waals surface area contributed by atoms with Crippen LogP contribution in [0.1, 0.15) is 37.8 Å². The van der Waals surface area contributed by atoms with Gasteiger partial charge >= 0.3 is 0 Å². The number of aromatic nitrogens is 1. The van der Waals surface area contributed by atoms with Gasteiger partial charge in [0.1, 0.15) is 11.6 Å². The first-order chi connectivity index (χ1) is 15.3. The Labute approximate surface area is 188 Å². The largest absolute Gasteiger partial charge is 0.388 e. The quantitative estimate of drug-likeness (QED) is 0.637. The van der Waals surface area contributed by atoms with E-state index >= 15 is 0 Å². The van der Waals surface area contributed by atoms with E-state index < -0.39 is 5.60 Å². The smallest absolute Gasteiger partial charge is 0.137 e. The molecule has 3 aromatic rings. The minimum atomic E-state index is -0.762. The number of pyridine rings is 1. The van der Waals surface area contributed by atoms with E-state index in [1.165, 1.54) is 6.07 Å². The summed E-state index contributed by atoms with van der Waals surface area (Å²) in [5, 5.41) is 14.1. The first-order valence-electron chi connectivity index (χ1n) is 11.1. The fourth-order valence-electron chi connectivity index (χ4n) is 4.84. The monoisotopic (exact) mass is 431 g/mol. The Morgan fingerprint density at radius 1 is 1.31 bits per heavy atom. The molecule has 1 N–H and O–H groups in total. The molecule has 166 valence electrons. The molecule has 2 aromatic carbocycles. The van der Waals surface area contributed by atoms with Crippen LogP contribution in [0.5, 0.6) is 0 Å². The molecule has 0 amide bonds. The van der Waals surface area contributed by atoms with Gasteiger partial charge in [-0.15, -0.1) is 0 Å². The van der Waals surface area contributed by atoms with Crippen LogP contribution >= 0.6 is 0 Å². The zero-order valence-corrected chi connectivity index (χ0v) is 19.1. The molecule has 1 atom stereocenters. The summed E-state index contributed by atoms with van der Waals surface area (Å²) in [4.78, 5) is 11.2. The maximum atomic E-state index is 14.6. The Hall–Kier alpha value is -3.05. The van der Waals surface area contributed by atoms with Crippen molar-refractivity contribution < 1.29 is 9.50 Å². The van der Waals surface area contributed by atoms with Crippen molar-refractivity contribution in [1.29, 1.82) is 0 Å². The third-order valence-corrected chi connectivity index (χ3v) is 6.53. The van der Waals surface area contributed by atoms with E-state index in [4.69, 9.17) is 4.98 Å². The normalized spacial score (nSPS) is 19.8. The molecule has 0 spiro atoms. The van der Waals surface area contributed by atoms with E-state index in [9.17, 15) is 9.50 Å². The maximum Gasteiger partial charge on any atom is 0.137 e. The zero-order chi connectivity index (χ0) is 23.0. The summed E-state index contributed by atoms with van der Waals surface area (Å²) in [6, 6.07) is 9.32. The summed E-state index contributed by atoms with van der Waals surface area (Å²) < 4.78 is 14.6. The van der Waals surface area contributed by atoms with Gasteiger partial charge in [0.05, 0.1) is 11.3 Å². The van der Waals surface area contributed by atoms with Gasteiger partial charge in [0, 0.05) is 30.1 Å². The second-order valence-corrected chi connectivity index (χ2v) is 8.91. The molecule has 1 aliphatic heterocycles. The Morgan fingerprint density at radius 3 is 2.78 bits per heavy atom. The molecule has 5 heteroatoms. The van der Waals surface area contributed by atoms with Crippen LogP contribution in [0.2, 0.25) is 0 Å². The van der Waals surface area contributed by atoms with Crippen molar-refractivity contribution in [3.05, 3.63) is 63.9 Å². The molecule has 0 radical (unpaired) electrons. The average molecular weight is 432 g/mol. The lowest BCUT2D eigenvalue weighted by atomic mass is 9.93. The summed E-state index contributed by atoms with van der Waals surface area (Å²) in [5.74, 6) is 0.496. The summed E-state index contributed by atoms with van der Waals surface area (Å²) >= 11 is 0. The lowest BCUT2D eigenvalue weighted by molar-refractivity contribution is 0.00194. The van der Waals surface area contributed by atoms with Crippen molar-refractivity contribution in [2.24, 2.45) is 4.99 Å². The number of aliphatic hydroxyl groups is 1. The van der Waals surface area contributed by atoms with Gasteiger partial charge in [0.15, 0.2) is 0 Å². The minimum Gasteiger partial charge on any atom is -0.388 e. The number of β-amino-alcohol motifs (C(OH)–C–C–N with tert-alkyl or cyclic N) is 1. The number of piperidine rings is 1. The average Bonchev–Trinajstić information content (AvgIpc) is 2.76. The lowest BCUT2D eigenvalue weighted by Crippen LogP contribution is -2.47. The van der Waals surface area contributed by atoms with Gasteiger partial charge in [-0.3, -0.25) is 4.98 Å². The van der Waals surface area contributed by atoms with Gasteiger partial charge in [-0.25, -0.2) is 9.38 Å². The molecular weight excluding hydrogens is 401 g/mol. The molecule has 1 aliphatic rings. The number of halogens is 1. The van der Waals surface area contributed by atoms with Crippen molar-refractivity contribution in [2.45, 2.75) is 45.6 Å². The SMILES string of the molecule is C=N/C(=c1/cnc(-c2cccc3ccc(F)c(CC)c23)c(C)c1=C)N1CCC[C@@](C)(O)C1. The van der Waals surface area contributed by atoms with E-state index in [1.807, 2.05) is 45.0 Å². The van der Waals surface area contributed by atoms with Gasteiger partial charge in [0.25, 0.3) is 0 Å². The summed E-state index contributed by atoms with van der Waals surface area (Å²) in [7, 11) is 0. The van der Waals surface area contributed by atoms with Crippen LogP contribution < -0.4 is 10.4 Å². The molecule has 0 aliphatic carbocycles. The van der Waals surface area contributed by atoms with Crippen molar-refractivity contribution >= 4 is 29.9 Å². The molecular formula is C27H30FN3O. The van der Waals surface area contributed by atoms with Crippen LogP contribution in [0.4, 0.5) is 4.39 Å². The summed E-state index contributed by atoms with van der Waals surface area (Å²) in [6.45, 7) is 15.2. The molecule has 4 rings (SSSR count). The van der Waals surface area contributed by atoms with Gasteiger partial charge < -0.3 is 10.0 Å². The number of likely N-dealkylation sites (tertiary alicyclic amines) is 1. The van der Waals surface area contributed by atoms with Crippen LogP contribution in [-0.4, -0.2) is 40.4 Å². The molecule has 4 nitrogen and oxygen atoms in total. The van der Waals surface area contributed by atoms with E-state index in [0.29, 0.717) is 24.4 Å². The Morgan fingerprint density at radius 2 is 2.09 bits per heavy atom. The highest BCUT2D eigenvalue weighted by Gasteiger charge is 2.29. The summed E-state index contributed by atoms with van der Waals surface area (Å²) in [6.07, 6.45) is 4.02. The van der Waals surface area contributed by atoms with Crippen LogP contribution in [0, 0.1) is 12.7 Å². The molecule has 32 heavy (non-hydrogen) atoms. The van der Waals surface area contributed by atoms with E-state index in [1.54, 1.807) is 6.20 Å². The number of hydrogen-bond donors (Lipinski definition) is 1. The van der Waals surface area contributed by atoms with Gasteiger partial charge in [-0.2, -0.15) is 0 Å². The number of fused-ring (bicyclic) bond motifs is 1. The van der Waals surface area contributed by atoms with E-state index in [2.05, 4.69) is 23.2 Å². The van der Waals surface area contributed by atoms with Gasteiger partial charge in [-0.1, -0.05) is 37.8 Å². The highest BCUT2D eigenvalue weighted by Crippen LogP contribution is 2.32. The second-order valence-electron chi connectivity index (χ2n) is 8.91.